The van der Waals surface area contributed by atoms with E-state index in [1.54, 1.807) is 0 Å². The standard InChI is InChI=1S/C22H30N4O/c1-17(25-13-3-2-4-14-25)18-5-7-19(8-6-18)22-23-12-9-21(24-22)26-15-10-20(27)11-16-26/h5-9,12,17,20,27H,2-4,10-11,13-16H2,1H3. The van der Waals surface area contributed by atoms with E-state index in [0.29, 0.717) is 6.04 Å². The van der Waals surface area contributed by atoms with Crippen molar-refractivity contribution in [3.63, 3.8) is 0 Å². The van der Waals surface area contributed by atoms with E-state index in [2.05, 4.69) is 46.0 Å². The molecule has 5 heteroatoms. The van der Waals surface area contributed by atoms with Crippen molar-refractivity contribution in [1.82, 2.24) is 14.9 Å². The van der Waals surface area contributed by atoms with Crippen LogP contribution in [0, 0.1) is 0 Å². The number of hydrogen-bond donors (Lipinski definition) is 1. The molecule has 2 aliphatic rings. The fourth-order valence-electron chi connectivity index (χ4n) is 4.19. The van der Waals surface area contributed by atoms with Crippen LogP contribution in [-0.2, 0) is 0 Å². The molecular formula is C22H30N4O. The zero-order chi connectivity index (χ0) is 18.6. The molecule has 27 heavy (non-hydrogen) atoms. The van der Waals surface area contributed by atoms with Crippen molar-refractivity contribution >= 4 is 5.82 Å². The van der Waals surface area contributed by atoms with Crippen molar-refractivity contribution in [3.8, 4) is 11.4 Å². The van der Waals surface area contributed by atoms with Crippen LogP contribution >= 0.6 is 0 Å². The first-order valence-electron chi connectivity index (χ1n) is 10.3. The maximum absolute atomic E-state index is 9.71. The predicted molar refractivity (Wildman–Crippen MR) is 109 cm³/mol. The monoisotopic (exact) mass is 366 g/mol. The summed E-state index contributed by atoms with van der Waals surface area (Å²) >= 11 is 0. The van der Waals surface area contributed by atoms with E-state index in [4.69, 9.17) is 4.98 Å². The molecule has 2 saturated heterocycles. The average Bonchev–Trinajstić information content (AvgIpc) is 2.75. The van der Waals surface area contributed by atoms with Gasteiger partial charge in [0.05, 0.1) is 6.10 Å². The molecule has 0 amide bonds. The quantitative estimate of drug-likeness (QED) is 0.895. The minimum absolute atomic E-state index is 0.169. The molecule has 1 N–H and O–H groups in total. The molecule has 1 aromatic heterocycles. The molecule has 0 aliphatic carbocycles. The summed E-state index contributed by atoms with van der Waals surface area (Å²) in [5.41, 5.74) is 2.42. The summed E-state index contributed by atoms with van der Waals surface area (Å²) in [4.78, 5) is 14.1. The van der Waals surface area contributed by atoms with Crippen LogP contribution in [0.5, 0.6) is 0 Å². The van der Waals surface area contributed by atoms with E-state index < -0.39 is 0 Å². The Balaban J connectivity index is 1.48. The SMILES string of the molecule is CC(c1ccc(-c2nccc(N3CCC(O)CC3)n2)cc1)N1CCCCC1. The van der Waals surface area contributed by atoms with Crippen LogP contribution in [-0.4, -0.2) is 52.3 Å². The van der Waals surface area contributed by atoms with E-state index in [1.807, 2.05) is 12.3 Å². The second-order valence-corrected chi connectivity index (χ2v) is 7.85. The molecule has 2 aromatic rings. The van der Waals surface area contributed by atoms with Crippen LogP contribution in [0.15, 0.2) is 36.5 Å². The first-order valence-corrected chi connectivity index (χ1v) is 10.3. The third kappa shape index (κ3) is 4.30. The topological polar surface area (TPSA) is 52.5 Å². The lowest BCUT2D eigenvalue weighted by molar-refractivity contribution is 0.145. The Hall–Kier alpha value is -1.98. The fraction of sp³-hybridized carbons (Fsp3) is 0.545. The number of piperidine rings is 2. The highest BCUT2D eigenvalue weighted by atomic mass is 16.3. The zero-order valence-electron chi connectivity index (χ0n) is 16.2. The molecule has 144 valence electrons. The van der Waals surface area contributed by atoms with Gasteiger partial charge >= 0.3 is 0 Å². The second-order valence-electron chi connectivity index (χ2n) is 7.85. The molecule has 4 rings (SSSR count). The number of aliphatic hydroxyl groups excluding tert-OH is 1. The van der Waals surface area contributed by atoms with E-state index in [1.165, 1.54) is 37.9 Å². The second kappa shape index (κ2) is 8.36. The number of benzene rings is 1. The van der Waals surface area contributed by atoms with E-state index in [0.717, 1.165) is 43.1 Å². The van der Waals surface area contributed by atoms with E-state index in [9.17, 15) is 5.11 Å². The molecule has 0 bridgehead atoms. The van der Waals surface area contributed by atoms with Crippen LogP contribution in [0.2, 0.25) is 0 Å². The van der Waals surface area contributed by atoms with Crippen molar-refractivity contribution in [2.45, 2.75) is 51.2 Å². The molecule has 1 atom stereocenters. The molecule has 0 spiro atoms. The third-order valence-corrected chi connectivity index (χ3v) is 6.02. The molecule has 3 heterocycles. The average molecular weight is 367 g/mol. The Bertz CT molecular complexity index is 734. The van der Waals surface area contributed by atoms with Crippen molar-refractivity contribution in [2.24, 2.45) is 0 Å². The predicted octanol–water partition coefficient (Wildman–Crippen LogP) is 3.65. The van der Waals surface area contributed by atoms with E-state index in [-0.39, 0.29) is 6.10 Å². The van der Waals surface area contributed by atoms with Gasteiger partial charge in [-0.1, -0.05) is 30.7 Å². The number of likely N-dealkylation sites (tertiary alicyclic amines) is 1. The summed E-state index contributed by atoms with van der Waals surface area (Å²) in [5, 5.41) is 9.71. The first-order chi connectivity index (χ1) is 13.2. The summed E-state index contributed by atoms with van der Waals surface area (Å²) in [6.07, 6.45) is 7.29. The molecule has 0 radical (unpaired) electrons. The Morgan fingerprint density at radius 3 is 2.37 bits per heavy atom. The fourth-order valence-corrected chi connectivity index (χ4v) is 4.19. The van der Waals surface area contributed by atoms with Gasteiger partial charge in [0.1, 0.15) is 5.82 Å². The number of aromatic nitrogens is 2. The Morgan fingerprint density at radius 1 is 0.963 bits per heavy atom. The Labute approximate surface area is 162 Å². The summed E-state index contributed by atoms with van der Waals surface area (Å²) in [5.74, 6) is 1.73. The van der Waals surface area contributed by atoms with Gasteiger partial charge in [0.15, 0.2) is 5.82 Å². The van der Waals surface area contributed by atoms with Crippen LogP contribution in [0.1, 0.15) is 50.6 Å². The van der Waals surface area contributed by atoms with Gasteiger partial charge in [-0.05, 0) is 57.3 Å². The van der Waals surface area contributed by atoms with Gasteiger partial charge in [-0.2, -0.15) is 0 Å². The molecule has 0 saturated carbocycles. The molecule has 1 unspecified atom stereocenters. The van der Waals surface area contributed by atoms with E-state index >= 15 is 0 Å². The van der Waals surface area contributed by atoms with Gasteiger partial charge in [-0.15, -0.1) is 0 Å². The molecule has 2 fully saturated rings. The van der Waals surface area contributed by atoms with Gasteiger partial charge in [0.2, 0.25) is 0 Å². The lowest BCUT2D eigenvalue weighted by Gasteiger charge is -2.32. The maximum Gasteiger partial charge on any atom is 0.161 e. The summed E-state index contributed by atoms with van der Waals surface area (Å²) in [6, 6.07) is 11.2. The number of aliphatic hydroxyl groups is 1. The number of rotatable bonds is 4. The van der Waals surface area contributed by atoms with Crippen molar-refractivity contribution in [3.05, 3.63) is 42.1 Å². The van der Waals surface area contributed by atoms with Gasteiger partial charge in [0, 0.05) is 30.9 Å². The van der Waals surface area contributed by atoms with Crippen LogP contribution in [0.3, 0.4) is 0 Å². The highest BCUT2D eigenvalue weighted by Crippen LogP contribution is 2.27. The van der Waals surface area contributed by atoms with Gasteiger partial charge in [-0.3, -0.25) is 4.90 Å². The molecule has 5 nitrogen and oxygen atoms in total. The van der Waals surface area contributed by atoms with Crippen LogP contribution in [0.25, 0.3) is 11.4 Å². The van der Waals surface area contributed by atoms with Gasteiger partial charge < -0.3 is 10.0 Å². The smallest absolute Gasteiger partial charge is 0.161 e. The van der Waals surface area contributed by atoms with Gasteiger partial charge in [-0.25, -0.2) is 9.97 Å². The Morgan fingerprint density at radius 2 is 1.67 bits per heavy atom. The minimum atomic E-state index is -0.169. The highest BCUT2D eigenvalue weighted by molar-refractivity contribution is 5.58. The number of anilines is 1. The maximum atomic E-state index is 9.71. The lowest BCUT2D eigenvalue weighted by atomic mass is 10.0. The van der Waals surface area contributed by atoms with Crippen molar-refractivity contribution < 1.29 is 5.11 Å². The molecule has 2 aliphatic heterocycles. The summed E-state index contributed by atoms with van der Waals surface area (Å²) < 4.78 is 0. The van der Waals surface area contributed by atoms with Crippen LogP contribution < -0.4 is 4.90 Å². The number of hydrogen-bond acceptors (Lipinski definition) is 5. The summed E-state index contributed by atoms with van der Waals surface area (Å²) in [6.45, 7) is 6.42. The normalized spacial score (nSPS) is 20.6. The minimum Gasteiger partial charge on any atom is -0.393 e. The third-order valence-electron chi connectivity index (χ3n) is 6.02. The lowest BCUT2D eigenvalue weighted by Crippen LogP contribution is -2.36. The Kier molecular flexibility index (Phi) is 5.69. The largest absolute Gasteiger partial charge is 0.393 e. The highest BCUT2D eigenvalue weighted by Gasteiger charge is 2.20. The van der Waals surface area contributed by atoms with Crippen LogP contribution in [0.4, 0.5) is 5.82 Å². The molecular weight excluding hydrogens is 336 g/mol. The van der Waals surface area contributed by atoms with Crippen molar-refractivity contribution in [1.29, 1.82) is 0 Å². The van der Waals surface area contributed by atoms with Crippen molar-refractivity contribution in [2.75, 3.05) is 31.1 Å². The zero-order valence-corrected chi connectivity index (χ0v) is 16.2. The molecule has 1 aromatic carbocycles. The number of nitrogens with zero attached hydrogens (tertiary/aromatic N) is 4. The summed E-state index contributed by atoms with van der Waals surface area (Å²) in [7, 11) is 0. The first kappa shape index (κ1) is 18.4. The van der Waals surface area contributed by atoms with Gasteiger partial charge in [0.25, 0.3) is 0 Å².